The van der Waals surface area contributed by atoms with Gasteiger partial charge >= 0.3 is 6.03 Å². The maximum atomic E-state index is 14.3. The minimum Gasteiger partial charge on any atom is -0.343 e. The lowest BCUT2D eigenvalue weighted by Crippen LogP contribution is -2.51. The summed E-state index contributed by atoms with van der Waals surface area (Å²) in [7, 11) is 2.20. The topological polar surface area (TPSA) is 108 Å². The van der Waals surface area contributed by atoms with Gasteiger partial charge in [0.25, 0.3) is 0 Å². The van der Waals surface area contributed by atoms with Gasteiger partial charge in [-0.2, -0.15) is 5.10 Å². The van der Waals surface area contributed by atoms with Crippen molar-refractivity contribution in [3.8, 4) is 0 Å². The second-order valence-electron chi connectivity index (χ2n) is 14.7. The summed E-state index contributed by atoms with van der Waals surface area (Å²) in [5.41, 5.74) is 5.21. The van der Waals surface area contributed by atoms with E-state index in [1.54, 1.807) is 0 Å². The van der Waals surface area contributed by atoms with E-state index in [9.17, 15) is 14.4 Å². The second-order valence-corrected chi connectivity index (χ2v) is 14.7. The number of aromatic amines is 1. The summed E-state index contributed by atoms with van der Waals surface area (Å²) >= 11 is 0. The van der Waals surface area contributed by atoms with Crippen LogP contribution >= 0.6 is 0 Å². The molecule has 4 aliphatic heterocycles. The van der Waals surface area contributed by atoms with Crippen LogP contribution in [0.5, 0.6) is 0 Å². The van der Waals surface area contributed by atoms with E-state index in [1.807, 2.05) is 39.1 Å². The second kappa shape index (κ2) is 14.9. The molecule has 3 aromatic rings. The number of rotatable bonds is 7. The zero-order chi connectivity index (χ0) is 33.9. The average Bonchev–Trinajstić information content (AvgIpc) is 3.40. The highest BCUT2D eigenvalue weighted by molar-refractivity contribution is 5.91. The Labute approximate surface area is 290 Å². The normalized spacial score (nSPS) is 21.3. The van der Waals surface area contributed by atoms with E-state index in [0.29, 0.717) is 32.1 Å². The van der Waals surface area contributed by atoms with Crippen LogP contribution in [0, 0.1) is 12.8 Å². The molecule has 2 N–H and O–H groups in total. The number of piperidine rings is 2. The molecule has 7 rings (SSSR count). The molecule has 262 valence electrons. The molecule has 5 heterocycles. The molecule has 0 aliphatic carbocycles. The first-order valence-corrected chi connectivity index (χ1v) is 18.4. The quantitative estimate of drug-likeness (QED) is 0.392. The Hall–Kier alpha value is -3.96. The third-order valence-corrected chi connectivity index (χ3v) is 11.5. The maximum Gasteiger partial charge on any atom is 0.322 e. The van der Waals surface area contributed by atoms with Gasteiger partial charge in [-0.3, -0.25) is 19.6 Å². The van der Waals surface area contributed by atoms with Crippen molar-refractivity contribution in [3.63, 3.8) is 0 Å². The van der Waals surface area contributed by atoms with Crippen LogP contribution in [0.25, 0.3) is 10.9 Å². The molecule has 3 saturated heterocycles. The van der Waals surface area contributed by atoms with Crippen LogP contribution < -0.4 is 5.32 Å². The SMILES string of the molecule is Cc1cc(CC(CC(=O)N2CCC(N3CCc4ccccc4NC3=O)CC2)C(=O)N2CCC(N3CCCN(C)CC3)CC2)cc2cn[nH]c12. The molecule has 0 spiro atoms. The predicted octanol–water partition coefficient (Wildman–Crippen LogP) is 4.13. The molecule has 49 heavy (non-hydrogen) atoms. The molecule has 1 unspecified atom stereocenters. The zero-order valence-electron chi connectivity index (χ0n) is 29.2. The van der Waals surface area contributed by atoms with Gasteiger partial charge < -0.3 is 24.9 Å². The number of hydrogen-bond acceptors (Lipinski definition) is 6. The lowest BCUT2D eigenvalue weighted by molar-refractivity contribution is -0.143. The number of anilines is 1. The highest BCUT2D eigenvalue weighted by atomic mass is 16.2. The summed E-state index contributed by atoms with van der Waals surface area (Å²) in [6.45, 7) is 9.87. The number of amides is 4. The van der Waals surface area contributed by atoms with Gasteiger partial charge in [0.2, 0.25) is 11.8 Å². The number of aryl methyl sites for hydroxylation is 1. The van der Waals surface area contributed by atoms with E-state index < -0.39 is 5.92 Å². The minimum atomic E-state index is -0.424. The fourth-order valence-corrected chi connectivity index (χ4v) is 8.61. The van der Waals surface area contributed by atoms with Crippen molar-refractivity contribution in [1.29, 1.82) is 0 Å². The molecule has 3 fully saturated rings. The van der Waals surface area contributed by atoms with Crippen molar-refractivity contribution in [2.75, 3.05) is 71.3 Å². The molecule has 0 saturated carbocycles. The zero-order valence-corrected chi connectivity index (χ0v) is 29.2. The number of fused-ring (bicyclic) bond motifs is 2. The Morgan fingerprint density at radius 3 is 2.47 bits per heavy atom. The molecular weight excluding hydrogens is 616 g/mol. The first-order chi connectivity index (χ1) is 23.8. The number of nitrogens with one attached hydrogen (secondary N) is 2. The third kappa shape index (κ3) is 7.62. The van der Waals surface area contributed by atoms with Gasteiger partial charge in [-0.1, -0.05) is 24.3 Å². The van der Waals surface area contributed by atoms with Crippen molar-refractivity contribution in [1.82, 2.24) is 34.7 Å². The predicted molar refractivity (Wildman–Crippen MR) is 191 cm³/mol. The molecule has 0 bridgehead atoms. The molecule has 4 amide bonds. The summed E-state index contributed by atoms with van der Waals surface area (Å²) in [5, 5.41) is 11.4. The summed E-state index contributed by atoms with van der Waals surface area (Å²) in [4.78, 5) is 52.3. The number of para-hydroxylation sites is 1. The summed E-state index contributed by atoms with van der Waals surface area (Å²) in [5.74, 6) is -0.288. The summed E-state index contributed by atoms with van der Waals surface area (Å²) in [6, 6.07) is 12.8. The van der Waals surface area contributed by atoms with E-state index in [4.69, 9.17) is 0 Å². The monoisotopic (exact) mass is 668 g/mol. The van der Waals surface area contributed by atoms with Gasteiger partial charge in [0.1, 0.15) is 0 Å². The lowest BCUT2D eigenvalue weighted by atomic mass is 9.91. The molecule has 0 radical (unpaired) electrons. The van der Waals surface area contributed by atoms with Gasteiger partial charge in [-0.15, -0.1) is 0 Å². The Morgan fingerprint density at radius 1 is 0.898 bits per heavy atom. The first-order valence-electron chi connectivity index (χ1n) is 18.4. The number of hydrogen-bond donors (Lipinski definition) is 2. The number of aromatic nitrogens is 2. The van der Waals surface area contributed by atoms with E-state index in [1.165, 1.54) is 6.42 Å². The third-order valence-electron chi connectivity index (χ3n) is 11.5. The van der Waals surface area contributed by atoms with Gasteiger partial charge in [-0.05, 0) is 101 Å². The van der Waals surface area contributed by atoms with Crippen molar-refractivity contribution in [2.45, 2.75) is 70.4 Å². The molecular formula is C38H52N8O3. The fourth-order valence-electron chi connectivity index (χ4n) is 8.61. The van der Waals surface area contributed by atoms with E-state index in [-0.39, 0.29) is 30.3 Å². The first kappa shape index (κ1) is 33.5. The maximum absolute atomic E-state index is 14.3. The Balaban J connectivity index is 0.996. The van der Waals surface area contributed by atoms with Crippen molar-refractivity contribution < 1.29 is 14.4 Å². The van der Waals surface area contributed by atoms with Crippen LogP contribution in [-0.4, -0.2) is 131 Å². The number of nitrogens with zero attached hydrogens (tertiary/aromatic N) is 6. The van der Waals surface area contributed by atoms with Crippen LogP contribution in [0.1, 0.15) is 55.2 Å². The standard InChI is InChI=1S/C38H52N8O3/c1-27-22-28(24-31-26-39-41-36(27)31)23-30(37(48)45-17-9-32(10-18-45)43-14-5-13-42(2)20-21-43)25-35(47)44-15-11-33(12-16-44)46-19-8-29-6-3-4-7-34(29)40-38(46)49/h3-4,6-7,22,24,26,30,32-33H,5,8-21,23,25H2,1-2H3,(H,39,41)(H,40,49). The van der Waals surface area contributed by atoms with Crippen molar-refractivity contribution in [3.05, 3.63) is 59.3 Å². The van der Waals surface area contributed by atoms with Gasteiger partial charge in [-0.25, -0.2) is 4.79 Å². The number of H-pyrrole nitrogens is 1. The number of carbonyl (C=O) groups is 3. The average molecular weight is 669 g/mol. The highest BCUT2D eigenvalue weighted by Gasteiger charge is 2.35. The smallest absolute Gasteiger partial charge is 0.322 e. The van der Waals surface area contributed by atoms with E-state index >= 15 is 0 Å². The molecule has 11 nitrogen and oxygen atoms in total. The molecule has 11 heteroatoms. The van der Waals surface area contributed by atoms with Crippen LogP contribution in [0.3, 0.4) is 0 Å². The number of carbonyl (C=O) groups excluding carboxylic acids is 3. The van der Waals surface area contributed by atoms with Crippen LogP contribution in [0.2, 0.25) is 0 Å². The number of urea groups is 1. The Bertz CT molecular complexity index is 1640. The number of likely N-dealkylation sites (tertiary alicyclic amines) is 2. The molecule has 4 aliphatic rings. The number of likely N-dealkylation sites (N-methyl/N-ethyl adjacent to an activating group) is 1. The highest BCUT2D eigenvalue weighted by Crippen LogP contribution is 2.28. The van der Waals surface area contributed by atoms with E-state index in [2.05, 4.69) is 57.5 Å². The van der Waals surface area contributed by atoms with Crippen molar-refractivity contribution in [2.24, 2.45) is 5.92 Å². The van der Waals surface area contributed by atoms with Gasteiger partial charge in [0, 0.05) is 75.4 Å². The molecule has 2 aromatic carbocycles. The molecule has 1 aromatic heterocycles. The summed E-state index contributed by atoms with van der Waals surface area (Å²) < 4.78 is 0. The largest absolute Gasteiger partial charge is 0.343 e. The van der Waals surface area contributed by atoms with Gasteiger partial charge in [0.15, 0.2) is 0 Å². The fraction of sp³-hybridized carbons (Fsp3) is 0.579. The minimum absolute atomic E-state index is 0.0363. The Morgan fingerprint density at radius 2 is 1.65 bits per heavy atom. The summed E-state index contributed by atoms with van der Waals surface area (Å²) in [6.07, 6.45) is 8.00. The Kier molecular flexibility index (Phi) is 10.2. The number of benzene rings is 2. The van der Waals surface area contributed by atoms with Crippen LogP contribution in [0.4, 0.5) is 10.5 Å². The lowest BCUT2D eigenvalue weighted by Gasteiger charge is -2.40. The van der Waals surface area contributed by atoms with Crippen LogP contribution in [-0.2, 0) is 22.4 Å². The van der Waals surface area contributed by atoms with Gasteiger partial charge in [0.05, 0.1) is 17.6 Å². The van der Waals surface area contributed by atoms with Crippen molar-refractivity contribution >= 4 is 34.4 Å². The van der Waals surface area contributed by atoms with E-state index in [0.717, 1.165) is 105 Å². The van der Waals surface area contributed by atoms with Crippen LogP contribution in [0.15, 0.2) is 42.6 Å². The molecule has 1 atom stereocenters.